The third-order valence-electron chi connectivity index (χ3n) is 1.80. The number of rotatable bonds is 2. The molecule has 4 heteroatoms. The van der Waals surface area contributed by atoms with E-state index >= 15 is 0 Å². The van der Waals surface area contributed by atoms with E-state index in [9.17, 15) is 9.59 Å². The van der Waals surface area contributed by atoms with E-state index in [1.54, 1.807) is 25.1 Å². The molecule has 3 nitrogen and oxygen atoms in total. The Hall–Kier alpha value is -1.16. The van der Waals surface area contributed by atoms with Gasteiger partial charge in [0.1, 0.15) is 0 Å². The fourth-order valence-corrected chi connectivity index (χ4v) is 1.56. The number of esters is 1. The van der Waals surface area contributed by atoms with Gasteiger partial charge < -0.3 is 4.74 Å². The molecule has 0 aliphatic rings. The summed E-state index contributed by atoms with van der Waals surface area (Å²) in [5, 5.41) is 0. The lowest BCUT2D eigenvalue weighted by molar-refractivity contribution is -0.135. The summed E-state index contributed by atoms with van der Waals surface area (Å²) in [5.41, 5.74) is 1.12. The summed E-state index contributed by atoms with van der Waals surface area (Å²) in [5.74, 6) is -1.45. The Balaban J connectivity index is 3.08. The summed E-state index contributed by atoms with van der Waals surface area (Å²) in [6, 6.07) is 5.08. The van der Waals surface area contributed by atoms with Crippen molar-refractivity contribution in [2.45, 2.75) is 6.92 Å². The fourth-order valence-electron chi connectivity index (χ4n) is 1.08. The number of benzene rings is 1. The quantitative estimate of drug-likeness (QED) is 0.463. The first-order valence-electron chi connectivity index (χ1n) is 3.95. The number of hydrogen-bond donors (Lipinski definition) is 0. The molecule has 14 heavy (non-hydrogen) atoms. The fraction of sp³-hybridized carbons (Fsp3) is 0.200. The van der Waals surface area contributed by atoms with Crippen LogP contribution in [-0.4, -0.2) is 18.9 Å². The topological polar surface area (TPSA) is 43.4 Å². The molecule has 0 saturated heterocycles. The molecule has 0 aliphatic heterocycles. The van der Waals surface area contributed by atoms with Gasteiger partial charge in [0.2, 0.25) is 0 Å². The molecule has 0 heterocycles. The molecular weight excluding hydrogens is 248 g/mol. The number of carbonyl (C=O) groups excluding carboxylic acids is 2. The van der Waals surface area contributed by atoms with E-state index in [-0.39, 0.29) is 0 Å². The SMILES string of the molecule is COC(=O)C(=O)c1ccc(Br)cc1C. The highest BCUT2D eigenvalue weighted by molar-refractivity contribution is 9.10. The summed E-state index contributed by atoms with van der Waals surface area (Å²) in [4.78, 5) is 22.4. The maximum Gasteiger partial charge on any atom is 0.379 e. The highest BCUT2D eigenvalue weighted by Crippen LogP contribution is 2.16. The van der Waals surface area contributed by atoms with Crippen LogP contribution in [0, 0.1) is 6.92 Å². The average Bonchev–Trinajstić information content (AvgIpc) is 2.15. The average molecular weight is 257 g/mol. The summed E-state index contributed by atoms with van der Waals surface area (Å²) in [7, 11) is 1.19. The van der Waals surface area contributed by atoms with Crippen molar-refractivity contribution in [2.24, 2.45) is 0 Å². The Morgan fingerprint density at radius 2 is 2.00 bits per heavy atom. The second-order valence-electron chi connectivity index (χ2n) is 2.78. The molecule has 0 spiro atoms. The minimum absolute atomic E-state index is 0.375. The molecule has 0 fully saturated rings. The summed E-state index contributed by atoms with van der Waals surface area (Å²) >= 11 is 3.27. The number of aryl methyl sites for hydroxylation is 1. The molecule has 0 atom stereocenters. The van der Waals surface area contributed by atoms with E-state index in [0.717, 1.165) is 10.0 Å². The maximum absolute atomic E-state index is 11.4. The number of Topliss-reactive ketones (excluding diaryl/α,β-unsaturated/α-hetero) is 1. The van der Waals surface area contributed by atoms with Gasteiger partial charge in [-0.3, -0.25) is 4.79 Å². The molecule has 0 saturated carbocycles. The van der Waals surface area contributed by atoms with Crippen LogP contribution >= 0.6 is 15.9 Å². The molecule has 1 rings (SSSR count). The van der Waals surface area contributed by atoms with Crippen molar-refractivity contribution >= 4 is 27.7 Å². The van der Waals surface area contributed by atoms with Crippen LogP contribution in [0.3, 0.4) is 0 Å². The van der Waals surface area contributed by atoms with Crippen LogP contribution in [0.2, 0.25) is 0 Å². The Labute approximate surface area is 90.2 Å². The number of halogens is 1. The number of hydrogen-bond acceptors (Lipinski definition) is 3. The van der Waals surface area contributed by atoms with E-state index in [2.05, 4.69) is 20.7 Å². The van der Waals surface area contributed by atoms with Gasteiger partial charge >= 0.3 is 5.97 Å². The van der Waals surface area contributed by atoms with Crippen LogP contribution in [0.4, 0.5) is 0 Å². The molecule has 74 valence electrons. The molecule has 0 aliphatic carbocycles. The Kier molecular flexibility index (Phi) is 3.41. The lowest BCUT2D eigenvalue weighted by Gasteiger charge is -2.03. The first kappa shape index (κ1) is 10.9. The minimum Gasteiger partial charge on any atom is -0.463 e. The van der Waals surface area contributed by atoms with Gasteiger partial charge in [0.15, 0.2) is 0 Å². The molecule has 0 unspecified atom stereocenters. The third-order valence-corrected chi connectivity index (χ3v) is 2.30. The van der Waals surface area contributed by atoms with Gasteiger partial charge in [-0.15, -0.1) is 0 Å². The van der Waals surface area contributed by atoms with Crippen LogP contribution in [0.15, 0.2) is 22.7 Å². The van der Waals surface area contributed by atoms with E-state index in [4.69, 9.17) is 0 Å². The molecular formula is C10H9BrO3. The van der Waals surface area contributed by atoms with Crippen LogP contribution < -0.4 is 0 Å². The number of ether oxygens (including phenoxy) is 1. The predicted molar refractivity (Wildman–Crippen MR) is 55.2 cm³/mol. The first-order chi connectivity index (χ1) is 6.56. The Bertz CT molecular complexity index is 385. The van der Waals surface area contributed by atoms with Crippen molar-refractivity contribution in [3.63, 3.8) is 0 Å². The zero-order chi connectivity index (χ0) is 10.7. The van der Waals surface area contributed by atoms with Crippen molar-refractivity contribution in [1.82, 2.24) is 0 Å². The number of ketones is 1. The first-order valence-corrected chi connectivity index (χ1v) is 4.74. The second kappa shape index (κ2) is 4.37. The second-order valence-corrected chi connectivity index (χ2v) is 3.70. The zero-order valence-corrected chi connectivity index (χ0v) is 9.42. The molecule has 0 bridgehead atoms. The molecule has 1 aromatic carbocycles. The van der Waals surface area contributed by atoms with Gasteiger partial charge in [-0.05, 0) is 30.7 Å². The predicted octanol–water partition coefficient (Wildman–Crippen LogP) is 2.11. The standard InChI is InChI=1S/C10H9BrO3/c1-6-5-7(11)3-4-8(6)9(12)10(13)14-2/h3-5H,1-2H3. The van der Waals surface area contributed by atoms with Crippen molar-refractivity contribution in [3.8, 4) is 0 Å². The van der Waals surface area contributed by atoms with Gasteiger partial charge in [0.25, 0.3) is 5.78 Å². The van der Waals surface area contributed by atoms with Gasteiger partial charge in [0.05, 0.1) is 7.11 Å². The molecule has 0 amide bonds. The van der Waals surface area contributed by atoms with E-state index in [0.29, 0.717) is 5.56 Å². The van der Waals surface area contributed by atoms with E-state index in [1.165, 1.54) is 7.11 Å². The number of carbonyl (C=O) groups is 2. The van der Waals surface area contributed by atoms with Gasteiger partial charge in [0, 0.05) is 10.0 Å². The van der Waals surface area contributed by atoms with Crippen LogP contribution in [0.25, 0.3) is 0 Å². The molecule has 0 aromatic heterocycles. The maximum atomic E-state index is 11.4. The Morgan fingerprint density at radius 3 is 2.50 bits per heavy atom. The number of methoxy groups -OCH3 is 1. The van der Waals surface area contributed by atoms with E-state index in [1.807, 2.05) is 0 Å². The summed E-state index contributed by atoms with van der Waals surface area (Å²) in [6.07, 6.45) is 0. The van der Waals surface area contributed by atoms with Crippen molar-refractivity contribution < 1.29 is 14.3 Å². The minimum atomic E-state index is -0.838. The van der Waals surface area contributed by atoms with Gasteiger partial charge in [-0.1, -0.05) is 15.9 Å². The lowest BCUT2D eigenvalue weighted by Crippen LogP contribution is -2.16. The van der Waals surface area contributed by atoms with E-state index < -0.39 is 11.8 Å². The normalized spacial score (nSPS) is 9.64. The molecule has 0 N–H and O–H groups in total. The van der Waals surface area contributed by atoms with Gasteiger partial charge in [-0.25, -0.2) is 4.79 Å². The third kappa shape index (κ3) is 2.20. The summed E-state index contributed by atoms with van der Waals surface area (Å²) < 4.78 is 5.22. The van der Waals surface area contributed by atoms with Crippen LogP contribution in [0.1, 0.15) is 15.9 Å². The molecule has 0 radical (unpaired) electrons. The van der Waals surface area contributed by atoms with Crippen molar-refractivity contribution in [1.29, 1.82) is 0 Å². The summed E-state index contributed by atoms with van der Waals surface area (Å²) in [6.45, 7) is 1.76. The van der Waals surface area contributed by atoms with Crippen LogP contribution in [0.5, 0.6) is 0 Å². The lowest BCUT2D eigenvalue weighted by atomic mass is 10.1. The van der Waals surface area contributed by atoms with Crippen LogP contribution in [-0.2, 0) is 9.53 Å². The highest BCUT2D eigenvalue weighted by atomic mass is 79.9. The zero-order valence-electron chi connectivity index (χ0n) is 7.83. The van der Waals surface area contributed by atoms with Gasteiger partial charge in [-0.2, -0.15) is 0 Å². The smallest absolute Gasteiger partial charge is 0.379 e. The van der Waals surface area contributed by atoms with Crippen molar-refractivity contribution in [2.75, 3.05) is 7.11 Å². The Morgan fingerprint density at radius 1 is 1.36 bits per heavy atom. The molecule has 1 aromatic rings. The van der Waals surface area contributed by atoms with Crippen molar-refractivity contribution in [3.05, 3.63) is 33.8 Å². The highest BCUT2D eigenvalue weighted by Gasteiger charge is 2.18. The largest absolute Gasteiger partial charge is 0.463 e. The monoisotopic (exact) mass is 256 g/mol.